The minimum Gasteiger partial charge on any atom is -0.394 e. The molecule has 102 valence electrons. The second-order valence-corrected chi connectivity index (χ2v) is 5.51. The first-order valence-corrected chi connectivity index (χ1v) is 7.00. The van der Waals surface area contributed by atoms with E-state index in [0.717, 1.165) is 5.71 Å². The van der Waals surface area contributed by atoms with Gasteiger partial charge in [0.05, 0.1) is 11.6 Å². The van der Waals surface area contributed by atoms with Crippen LogP contribution < -0.4 is 0 Å². The predicted molar refractivity (Wildman–Crippen MR) is 82.3 cm³/mol. The largest absolute Gasteiger partial charge is 0.394 e. The zero-order valence-corrected chi connectivity index (χ0v) is 12.2. The third-order valence-electron chi connectivity index (χ3n) is 3.87. The van der Waals surface area contributed by atoms with Gasteiger partial charge in [0.2, 0.25) is 0 Å². The van der Waals surface area contributed by atoms with Crippen LogP contribution in [0.2, 0.25) is 0 Å². The summed E-state index contributed by atoms with van der Waals surface area (Å²) in [4.78, 5) is 5.41. The van der Waals surface area contributed by atoms with Crippen LogP contribution in [-0.4, -0.2) is 12.3 Å². The molecule has 2 nitrogen and oxygen atoms in total. The van der Waals surface area contributed by atoms with E-state index in [0.29, 0.717) is 6.61 Å². The molecule has 1 heterocycles. The molecule has 2 aromatic rings. The van der Waals surface area contributed by atoms with Crippen molar-refractivity contribution in [2.75, 3.05) is 6.61 Å². The fourth-order valence-electron chi connectivity index (χ4n) is 3.07. The molecule has 0 saturated heterocycles. The van der Waals surface area contributed by atoms with Crippen molar-refractivity contribution in [3.63, 3.8) is 0 Å². The molecule has 1 unspecified atom stereocenters. The van der Waals surface area contributed by atoms with Crippen molar-refractivity contribution in [3.05, 3.63) is 70.3 Å². The smallest absolute Gasteiger partial charge is 0.129 e. The molecule has 0 saturated carbocycles. The van der Waals surface area contributed by atoms with Crippen molar-refractivity contribution in [2.45, 2.75) is 26.7 Å². The molecule has 0 fully saturated rings. The second kappa shape index (κ2) is 5.12. The minimum absolute atomic E-state index is 0.233. The molecule has 1 atom stereocenters. The summed E-state index contributed by atoms with van der Waals surface area (Å²) < 4.78 is 0. The maximum Gasteiger partial charge on any atom is 0.129 e. The zero-order chi connectivity index (χ0) is 14.1. The van der Waals surface area contributed by atoms with Crippen molar-refractivity contribution in [1.29, 1.82) is 0 Å². The van der Waals surface area contributed by atoms with Gasteiger partial charge in [0, 0.05) is 5.56 Å². The van der Waals surface area contributed by atoms with Crippen LogP contribution in [0.1, 0.15) is 33.7 Å². The zero-order valence-electron chi connectivity index (χ0n) is 12.2. The number of rotatable bonds is 2. The van der Waals surface area contributed by atoms with Crippen LogP contribution in [-0.2, 0) is 4.84 Å². The molecule has 0 bridgehead atoms. The molecular weight excluding hydrogens is 246 g/mol. The molecule has 2 heteroatoms. The van der Waals surface area contributed by atoms with Gasteiger partial charge in [-0.3, -0.25) is 0 Å². The molecule has 3 rings (SSSR count). The highest BCUT2D eigenvalue weighted by Gasteiger charge is 2.28. The Morgan fingerprint density at radius 2 is 1.65 bits per heavy atom. The number of hydrogen-bond donors (Lipinski definition) is 0. The van der Waals surface area contributed by atoms with Gasteiger partial charge in [-0.25, -0.2) is 0 Å². The molecule has 0 radical (unpaired) electrons. The van der Waals surface area contributed by atoms with Crippen molar-refractivity contribution >= 4 is 5.71 Å². The summed E-state index contributed by atoms with van der Waals surface area (Å²) >= 11 is 0. The normalized spacial score (nSPS) is 17.8. The Kier molecular flexibility index (Phi) is 3.31. The van der Waals surface area contributed by atoms with E-state index in [9.17, 15) is 0 Å². The average molecular weight is 265 g/mol. The van der Waals surface area contributed by atoms with Gasteiger partial charge in [-0.15, -0.1) is 0 Å². The van der Waals surface area contributed by atoms with Gasteiger partial charge >= 0.3 is 0 Å². The van der Waals surface area contributed by atoms with E-state index in [-0.39, 0.29) is 5.92 Å². The predicted octanol–water partition coefficient (Wildman–Crippen LogP) is 4.13. The Labute approximate surface area is 120 Å². The number of hydrogen-bond acceptors (Lipinski definition) is 2. The fraction of sp³-hybridized carbons (Fsp3) is 0.278. The SMILES string of the molecule is Cc1cc(C)c(C2=NOCC2c2ccccc2)c(C)c1. The molecule has 0 spiro atoms. The van der Waals surface area contributed by atoms with Crippen LogP contribution in [0.25, 0.3) is 0 Å². The van der Waals surface area contributed by atoms with E-state index >= 15 is 0 Å². The van der Waals surface area contributed by atoms with Crippen LogP contribution in [0.3, 0.4) is 0 Å². The second-order valence-electron chi connectivity index (χ2n) is 5.51. The minimum atomic E-state index is 0.233. The molecule has 0 aromatic heterocycles. The van der Waals surface area contributed by atoms with Crippen LogP contribution in [0, 0.1) is 20.8 Å². The van der Waals surface area contributed by atoms with Crippen LogP contribution >= 0.6 is 0 Å². The maximum atomic E-state index is 5.41. The summed E-state index contributed by atoms with van der Waals surface area (Å²) in [5, 5.41) is 4.33. The summed E-state index contributed by atoms with van der Waals surface area (Å²) in [6.07, 6.45) is 0. The Balaban J connectivity index is 2.06. The standard InChI is InChI=1S/C18H19NO/c1-12-9-13(2)17(14(3)10-12)18-16(11-20-19-18)15-7-5-4-6-8-15/h4-10,16H,11H2,1-3H3. The van der Waals surface area contributed by atoms with E-state index in [4.69, 9.17) is 4.84 Å². The lowest BCUT2D eigenvalue weighted by molar-refractivity contribution is 0.166. The Morgan fingerprint density at radius 3 is 2.30 bits per heavy atom. The average Bonchev–Trinajstić information content (AvgIpc) is 2.87. The highest BCUT2D eigenvalue weighted by atomic mass is 16.6. The third-order valence-corrected chi connectivity index (χ3v) is 3.87. The lowest BCUT2D eigenvalue weighted by Crippen LogP contribution is -2.15. The number of nitrogens with zero attached hydrogens (tertiary/aromatic N) is 1. The number of aryl methyl sites for hydroxylation is 3. The molecule has 2 aromatic carbocycles. The molecule has 1 aliphatic rings. The van der Waals surface area contributed by atoms with Gasteiger partial charge in [-0.1, -0.05) is 53.2 Å². The van der Waals surface area contributed by atoms with Crippen LogP contribution in [0.15, 0.2) is 47.6 Å². The molecule has 1 aliphatic heterocycles. The van der Waals surface area contributed by atoms with E-state index in [1.54, 1.807) is 0 Å². The van der Waals surface area contributed by atoms with Gasteiger partial charge in [0.25, 0.3) is 0 Å². The summed E-state index contributed by atoms with van der Waals surface area (Å²) in [6, 6.07) is 14.9. The van der Waals surface area contributed by atoms with Gasteiger partial charge < -0.3 is 4.84 Å². The lowest BCUT2D eigenvalue weighted by Gasteiger charge is -2.16. The van der Waals surface area contributed by atoms with Crippen LogP contribution in [0.5, 0.6) is 0 Å². The number of oxime groups is 1. The van der Waals surface area contributed by atoms with E-state index in [2.05, 4.69) is 62.3 Å². The number of benzene rings is 2. The van der Waals surface area contributed by atoms with Gasteiger partial charge in [-0.05, 0) is 37.5 Å². The van der Waals surface area contributed by atoms with Crippen molar-refractivity contribution in [3.8, 4) is 0 Å². The molecule has 0 aliphatic carbocycles. The highest BCUT2D eigenvalue weighted by Crippen LogP contribution is 2.30. The molecular formula is C18H19NO. The topological polar surface area (TPSA) is 21.6 Å². The highest BCUT2D eigenvalue weighted by molar-refractivity contribution is 6.07. The molecule has 20 heavy (non-hydrogen) atoms. The van der Waals surface area contributed by atoms with Crippen molar-refractivity contribution in [1.82, 2.24) is 0 Å². The van der Waals surface area contributed by atoms with Crippen molar-refractivity contribution < 1.29 is 4.84 Å². The summed E-state index contributed by atoms with van der Waals surface area (Å²) in [5.74, 6) is 0.233. The van der Waals surface area contributed by atoms with Crippen molar-refractivity contribution in [2.24, 2.45) is 5.16 Å². The Hall–Kier alpha value is -2.09. The molecule has 0 amide bonds. The Morgan fingerprint density at radius 1 is 1.00 bits per heavy atom. The van der Waals surface area contributed by atoms with E-state index < -0.39 is 0 Å². The lowest BCUT2D eigenvalue weighted by atomic mass is 9.86. The van der Waals surface area contributed by atoms with Crippen LogP contribution in [0.4, 0.5) is 0 Å². The molecule has 0 N–H and O–H groups in total. The first kappa shape index (κ1) is 12.9. The fourth-order valence-corrected chi connectivity index (χ4v) is 3.07. The summed E-state index contributed by atoms with van der Waals surface area (Å²) in [5.41, 5.74) is 7.40. The first-order valence-electron chi connectivity index (χ1n) is 7.00. The third kappa shape index (κ3) is 2.22. The van der Waals surface area contributed by atoms with Gasteiger partial charge in [0.1, 0.15) is 6.61 Å². The summed E-state index contributed by atoms with van der Waals surface area (Å²) in [6.45, 7) is 7.06. The van der Waals surface area contributed by atoms with Gasteiger partial charge in [-0.2, -0.15) is 0 Å². The quantitative estimate of drug-likeness (QED) is 0.800. The van der Waals surface area contributed by atoms with Gasteiger partial charge in [0.15, 0.2) is 0 Å². The maximum absolute atomic E-state index is 5.41. The van der Waals surface area contributed by atoms with E-state index in [1.807, 2.05) is 6.07 Å². The Bertz CT molecular complexity index is 635. The first-order chi connectivity index (χ1) is 9.66. The monoisotopic (exact) mass is 265 g/mol. The summed E-state index contributed by atoms with van der Waals surface area (Å²) in [7, 11) is 0. The van der Waals surface area contributed by atoms with E-state index in [1.165, 1.54) is 27.8 Å².